The summed E-state index contributed by atoms with van der Waals surface area (Å²) in [6.45, 7) is 2.24. The molecule has 3 heterocycles. The van der Waals surface area contributed by atoms with E-state index in [1.165, 1.54) is 60.4 Å². The lowest BCUT2D eigenvalue weighted by molar-refractivity contribution is 0.669. The number of aliphatic imine (C=N–C) groups is 2. The van der Waals surface area contributed by atoms with E-state index in [9.17, 15) is 0 Å². The molecule has 0 atom stereocenters. The summed E-state index contributed by atoms with van der Waals surface area (Å²) in [5.41, 5.74) is 18.7. The first kappa shape index (κ1) is 40.7. The Hall–Kier alpha value is -8.60. The molecule has 0 amide bonds. The van der Waals surface area contributed by atoms with Gasteiger partial charge < -0.3 is 8.98 Å². The molecule has 0 unspecified atom stereocenters. The molecule has 2 aromatic heterocycles. The van der Waals surface area contributed by atoms with Crippen molar-refractivity contribution in [2.45, 2.75) is 32.6 Å². The van der Waals surface area contributed by atoms with Gasteiger partial charge in [-0.05, 0) is 135 Å². The van der Waals surface area contributed by atoms with E-state index in [4.69, 9.17) is 14.4 Å². The van der Waals surface area contributed by atoms with E-state index in [0.29, 0.717) is 6.42 Å². The molecule has 1 aliphatic carbocycles. The minimum absolute atomic E-state index is 0.701. The van der Waals surface area contributed by atoms with Gasteiger partial charge in [0.05, 0.1) is 22.4 Å². The summed E-state index contributed by atoms with van der Waals surface area (Å²) in [7, 11) is 0. The van der Waals surface area contributed by atoms with E-state index < -0.39 is 0 Å². The van der Waals surface area contributed by atoms with Crippen molar-refractivity contribution in [2.75, 3.05) is 0 Å². The van der Waals surface area contributed by atoms with Crippen molar-refractivity contribution in [1.29, 1.82) is 0 Å². The number of benzene rings is 9. The molecule has 0 saturated heterocycles. The molecule has 4 heteroatoms. The fourth-order valence-corrected chi connectivity index (χ4v) is 10.6. The third kappa shape index (κ3) is 7.24. The highest BCUT2D eigenvalue weighted by molar-refractivity contribution is 6.17. The maximum atomic E-state index is 6.66. The lowest BCUT2D eigenvalue weighted by Gasteiger charge is -2.13. The molecule has 0 radical (unpaired) electrons. The molecule has 0 saturated carbocycles. The second-order valence-electron chi connectivity index (χ2n) is 18.3. The molecule has 69 heavy (non-hydrogen) atoms. The Bertz CT molecular complexity index is 4020. The van der Waals surface area contributed by atoms with Gasteiger partial charge in [0.25, 0.3) is 0 Å². The van der Waals surface area contributed by atoms with Gasteiger partial charge in [0.15, 0.2) is 5.84 Å². The Kier molecular flexibility index (Phi) is 9.97. The fourth-order valence-electron chi connectivity index (χ4n) is 10.6. The van der Waals surface area contributed by atoms with Gasteiger partial charge in [0, 0.05) is 44.8 Å². The Balaban J connectivity index is 0.919. The lowest BCUT2D eigenvalue weighted by Crippen LogP contribution is -2.06. The van der Waals surface area contributed by atoms with Gasteiger partial charge in [0.1, 0.15) is 11.2 Å². The maximum Gasteiger partial charge on any atom is 0.160 e. The Morgan fingerprint density at radius 3 is 2.12 bits per heavy atom. The van der Waals surface area contributed by atoms with Crippen LogP contribution in [0.25, 0.3) is 93.7 Å². The predicted molar refractivity (Wildman–Crippen MR) is 291 cm³/mol. The van der Waals surface area contributed by atoms with E-state index >= 15 is 0 Å². The van der Waals surface area contributed by atoms with E-state index in [1.807, 2.05) is 6.07 Å². The zero-order valence-corrected chi connectivity index (χ0v) is 38.4. The van der Waals surface area contributed by atoms with Crippen LogP contribution in [0.15, 0.2) is 238 Å². The molecule has 9 aromatic carbocycles. The van der Waals surface area contributed by atoms with Crippen molar-refractivity contribution in [3.8, 4) is 27.9 Å². The van der Waals surface area contributed by atoms with E-state index in [1.54, 1.807) is 0 Å². The van der Waals surface area contributed by atoms with Gasteiger partial charge in [-0.1, -0.05) is 165 Å². The molecule has 1 aliphatic heterocycles. The number of rotatable bonds is 8. The average molecular weight is 886 g/mol. The second-order valence-corrected chi connectivity index (χ2v) is 18.3. The Morgan fingerprint density at radius 2 is 1.23 bits per heavy atom. The zero-order chi connectivity index (χ0) is 45.8. The number of nitrogens with zero attached hydrogens (tertiary/aromatic N) is 3. The van der Waals surface area contributed by atoms with Crippen LogP contribution in [0.4, 0.5) is 0 Å². The van der Waals surface area contributed by atoms with Crippen molar-refractivity contribution in [3.05, 3.63) is 246 Å². The van der Waals surface area contributed by atoms with E-state index in [0.717, 1.165) is 91.9 Å². The number of hydrogen-bond acceptors (Lipinski definition) is 3. The first-order chi connectivity index (χ1) is 34.1. The minimum atomic E-state index is 0.701. The number of aromatic nitrogens is 1. The van der Waals surface area contributed by atoms with Crippen LogP contribution in [0.5, 0.6) is 0 Å². The first-order valence-corrected chi connectivity index (χ1v) is 24.1. The topological polar surface area (TPSA) is 42.8 Å². The number of para-hydroxylation sites is 1. The standard InChI is InChI=1S/C65H47N3O/c1-2-42-40-58(51-24-13-22-47(37-51)43-16-5-3-6-17-43)66-65(45-19-7-4-8-20-45)67-64(42)52-25-14-23-50(38-52)54-27-15-29-62-63(54)57-41-53(33-35-61(57)69-62)68-59-28-12-11-26-55(59)56-39-49(32-34-60(56)68)48-31-30-44-18-9-10-21-46(44)36-48/h4-5,7-39,41H,2-3,6,40H2,1H3. The summed E-state index contributed by atoms with van der Waals surface area (Å²) >= 11 is 0. The Morgan fingerprint density at radius 1 is 0.493 bits per heavy atom. The third-order valence-corrected chi connectivity index (χ3v) is 14.1. The maximum absolute atomic E-state index is 6.66. The summed E-state index contributed by atoms with van der Waals surface area (Å²) in [4.78, 5) is 10.9. The molecular weight excluding hydrogens is 839 g/mol. The van der Waals surface area contributed by atoms with Crippen molar-refractivity contribution >= 4 is 77.3 Å². The van der Waals surface area contributed by atoms with Gasteiger partial charge in [-0.2, -0.15) is 0 Å². The van der Waals surface area contributed by atoms with Crippen LogP contribution in [0, 0.1) is 0 Å². The zero-order valence-electron chi connectivity index (χ0n) is 38.4. The average Bonchev–Trinajstić information content (AvgIpc) is 3.88. The Labute approximate surface area is 401 Å². The molecule has 4 nitrogen and oxygen atoms in total. The van der Waals surface area contributed by atoms with Crippen molar-refractivity contribution < 1.29 is 4.42 Å². The second kappa shape index (κ2) is 16.9. The molecule has 0 N–H and O–H groups in total. The molecule has 13 rings (SSSR count). The van der Waals surface area contributed by atoms with Crippen molar-refractivity contribution in [3.63, 3.8) is 0 Å². The lowest BCUT2D eigenvalue weighted by atomic mass is 9.92. The van der Waals surface area contributed by atoms with Crippen molar-refractivity contribution in [2.24, 2.45) is 9.98 Å². The smallest absolute Gasteiger partial charge is 0.160 e. The number of fused-ring (bicyclic) bond motifs is 7. The van der Waals surface area contributed by atoms with Crippen LogP contribution >= 0.6 is 0 Å². The first-order valence-electron chi connectivity index (χ1n) is 24.1. The van der Waals surface area contributed by atoms with Gasteiger partial charge >= 0.3 is 0 Å². The highest BCUT2D eigenvalue weighted by Gasteiger charge is 2.22. The normalized spacial score (nSPS) is 14.2. The van der Waals surface area contributed by atoms with E-state index in [2.05, 4.69) is 224 Å². The largest absolute Gasteiger partial charge is 0.456 e. The van der Waals surface area contributed by atoms with Gasteiger partial charge in [-0.25, -0.2) is 9.98 Å². The van der Waals surface area contributed by atoms with Crippen LogP contribution in [0.2, 0.25) is 0 Å². The van der Waals surface area contributed by atoms with Crippen LogP contribution in [-0.4, -0.2) is 16.1 Å². The summed E-state index contributed by atoms with van der Waals surface area (Å²) in [5, 5.41) is 7.12. The van der Waals surface area contributed by atoms with Gasteiger partial charge in [-0.15, -0.1) is 0 Å². The van der Waals surface area contributed by atoms with Gasteiger partial charge in [0.2, 0.25) is 0 Å². The fraction of sp³-hybridized carbons (Fsp3) is 0.0769. The predicted octanol–water partition coefficient (Wildman–Crippen LogP) is 17.4. The summed E-state index contributed by atoms with van der Waals surface area (Å²) in [5.74, 6) is 0.724. The number of hydrogen-bond donors (Lipinski definition) is 0. The monoisotopic (exact) mass is 885 g/mol. The van der Waals surface area contributed by atoms with Crippen molar-refractivity contribution in [1.82, 2.24) is 4.57 Å². The molecule has 2 aliphatic rings. The number of amidine groups is 1. The molecule has 0 fully saturated rings. The molecule has 0 spiro atoms. The van der Waals surface area contributed by atoms with E-state index in [-0.39, 0.29) is 0 Å². The highest BCUT2D eigenvalue weighted by Crippen LogP contribution is 2.42. The summed E-state index contributed by atoms with van der Waals surface area (Å²) in [6, 6.07) is 72.2. The minimum Gasteiger partial charge on any atom is -0.456 e. The van der Waals surface area contributed by atoms with Gasteiger partial charge in [-0.3, -0.25) is 0 Å². The number of furan rings is 1. The molecule has 0 bridgehead atoms. The molecule has 328 valence electrons. The van der Waals surface area contributed by atoms with Crippen LogP contribution in [-0.2, 0) is 0 Å². The molecule has 11 aromatic rings. The quantitative estimate of drug-likeness (QED) is 0.150. The molecular formula is C65H47N3O. The van der Waals surface area contributed by atoms with Crippen LogP contribution < -0.4 is 0 Å². The summed E-state index contributed by atoms with van der Waals surface area (Å²) in [6.07, 6.45) is 10.6. The summed E-state index contributed by atoms with van der Waals surface area (Å²) < 4.78 is 9.06. The SMILES string of the molecule is CCC1=C(c2cccc(-c3cccc4oc5ccc(-n6c7ccccc7c7cc(-c8ccc9ccccc9c8)ccc76)cc5c34)c2)N=C(c2ccccc2)N=C(c2cccc(C3=CCCC=C3)c2)C1. The van der Waals surface area contributed by atoms with Crippen LogP contribution in [0.3, 0.4) is 0 Å². The van der Waals surface area contributed by atoms with Crippen LogP contribution in [0.1, 0.15) is 54.9 Å². The number of allylic oxidation sites excluding steroid dienone is 5. The highest BCUT2D eigenvalue weighted by atomic mass is 16.3. The third-order valence-electron chi connectivity index (χ3n) is 14.1.